The van der Waals surface area contributed by atoms with E-state index in [1.54, 1.807) is 36.2 Å². The van der Waals surface area contributed by atoms with E-state index in [0.29, 0.717) is 45.5 Å². The number of aromatic nitrogens is 3. The van der Waals surface area contributed by atoms with Crippen LogP contribution in [0.3, 0.4) is 0 Å². The Morgan fingerprint density at radius 3 is 2.47 bits per heavy atom. The minimum Gasteiger partial charge on any atom is -0.395 e. The molecule has 34 heavy (non-hydrogen) atoms. The van der Waals surface area contributed by atoms with Crippen LogP contribution in [0, 0.1) is 0 Å². The molecule has 0 aliphatic rings. The third-order valence-corrected chi connectivity index (χ3v) is 5.63. The lowest BCUT2D eigenvalue weighted by Gasteiger charge is -2.19. The van der Waals surface area contributed by atoms with Gasteiger partial charge in [-0.15, -0.1) is 0 Å². The summed E-state index contributed by atoms with van der Waals surface area (Å²) in [5.74, 6) is 0.480. The molecule has 0 spiro atoms. The highest BCUT2D eigenvalue weighted by Gasteiger charge is 2.31. The van der Waals surface area contributed by atoms with Crippen molar-refractivity contribution < 1.29 is 23.0 Å². The van der Waals surface area contributed by atoms with Crippen LogP contribution in [-0.4, -0.2) is 47.0 Å². The molecule has 178 valence electrons. The normalized spacial score (nSPS) is 11.9. The summed E-state index contributed by atoms with van der Waals surface area (Å²) < 4.78 is 47.2. The number of hydrogen-bond acceptors (Lipinski definition) is 5. The number of alkyl halides is 3. The fraction of sp³-hybridized carbons (Fsp3) is 0.250. The Morgan fingerprint density at radius 2 is 1.82 bits per heavy atom. The molecule has 0 unspecified atom stereocenters. The van der Waals surface area contributed by atoms with Gasteiger partial charge in [0, 0.05) is 37.4 Å². The number of ether oxygens (including phenoxy) is 1. The SMILES string of the molecule is COCc1nn2c(-c3cccc(C(F)(F)F)c3)cc(N(C)CCO)nc2c1-c1ccc(Cl)cc1. The first-order chi connectivity index (χ1) is 16.2. The van der Waals surface area contributed by atoms with Crippen molar-refractivity contribution in [2.45, 2.75) is 12.8 Å². The van der Waals surface area contributed by atoms with Gasteiger partial charge in [0.15, 0.2) is 5.65 Å². The van der Waals surface area contributed by atoms with Crippen LogP contribution < -0.4 is 4.90 Å². The van der Waals surface area contributed by atoms with E-state index in [1.807, 2.05) is 12.1 Å². The van der Waals surface area contributed by atoms with Crippen LogP contribution in [0.1, 0.15) is 11.3 Å². The number of aliphatic hydroxyl groups is 1. The van der Waals surface area contributed by atoms with Gasteiger partial charge in [0.1, 0.15) is 5.82 Å². The highest BCUT2D eigenvalue weighted by atomic mass is 35.5. The maximum absolute atomic E-state index is 13.4. The zero-order valence-corrected chi connectivity index (χ0v) is 19.2. The first kappa shape index (κ1) is 24.0. The predicted molar refractivity (Wildman–Crippen MR) is 125 cm³/mol. The van der Waals surface area contributed by atoms with E-state index in [2.05, 4.69) is 5.10 Å². The number of aliphatic hydroxyl groups excluding tert-OH is 1. The van der Waals surface area contributed by atoms with Gasteiger partial charge < -0.3 is 14.7 Å². The Hall–Kier alpha value is -3.14. The molecule has 6 nitrogen and oxygen atoms in total. The third kappa shape index (κ3) is 4.72. The molecule has 1 N–H and O–H groups in total. The maximum atomic E-state index is 13.4. The molecule has 2 aromatic carbocycles. The average molecular weight is 491 g/mol. The average Bonchev–Trinajstić information content (AvgIpc) is 3.17. The van der Waals surface area contributed by atoms with Crippen LogP contribution in [0.4, 0.5) is 19.0 Å². The number of likely N-dealkylation sites (N-methyl/N-ethyl adjacent to an activating group) is 1. The van der Waals surface area contributed by atoms with Crippen LogP contribution in [0.2, 0.25) is 5.02 Å². The van der Waals surface area contributed by atoms with Crippen molar-refractivity contribution in [3.8, 4) is 22.4 Å². The van der Waals surface area contributed by atoms with E-state index < -0.39 is 11.7 Å². The molecule has 0 aliphatic carbocycles. The molecule has 0 aliphatic heterocycles. The maximum Gasteiger partial charge on any atom is 0.416 e. The van der Waals surface area contributed by atoms with E-state index in [-0.39, 0.29) is 13.2 Å². The Morgan fingerprint density at radius 1 is 1.09 bits per heavy atom. The Balaban J connectivity index is 2.04. The number of halogens is 4. The molecule has 2 aromatic heterocycles. The van der Waals surface area contributed by atoms with Crippen molar-refractivity contribution in [2.24, 2.45) is 0 Å². The summed E-state index contributed by atoms with van der Waals surface area (Å²) in [6.45, 7) is 0.353. The van der Waals surface area contributed by atoms with Crippen LogP contribution in [0.25, 0.3) is 28.0 Å². The summed E-state index contributed by atoms with van der Waals surface area (Å²) in [6, 6.07) is 13.9. The van der Waals surface area contributed by atoms with Gasteiger partial charge >= 0.3 is 6.18 Å². The van der Waals surface area contributed by atoms with Crippen molar-refractivity contribution in [1.29, 1.82) is 0 Å². The molecule has 0 saturated carbocycles. The first-order valence-electron chi connectivity index (χ1n) is 10.4. The number of methoxy groups -OCH3 is 1. The van der Waals surface area contributed by atoms with Crippen molar-refractivity contribution >= 4 is 23.1 Å². The fourth-order valence-electron chi connectivity index (χ4n) is 3.72. The molecule has 4 rings (SSSR count). The molecule has 0 saturated heterocycles. The van der Waals surface area contributed by atoms with E-state index in [1.165, 1.54) is 17.7 Å². The summed E-state index contributed by atoms with van der Waals surface area (Å²) in [7, 11) is 3.29. The van der Waals surface area contributed by atoms with E-state index in [4.69, 9.17) is 21.3 Å². The summed E-state index contributed by atoms with van der Waals surface area (Å²) in [4.78, 5) is 6.49. The van der Waals surface area contributed by atoms with Gasteiger partial charge in [0.2, 0.25) is 0 Å². The third-order valence-electron chi connectivity index (χ3n) is 5.37. The van der Waals surface area contributed by atoms with Gasteiger partial charge in [-0.2, -0.15) is 18.3 Å². The smallest absolute Gasteiger partial charge is 0.395 e. The number of fused-ring (bicyclic) bond motifs is 1. The minimum absolute atomic E-state index is 0.111. The van der Waals surface area contributed by atoms with Crippen LogP contribution in [-0.2, 0) is 17.5 Å². The topological polar surface area (TPSA) is 62.9 Å². The van der Waals surface area contributed by atoms with E-state index in [9.17, 15) is 18.3 Å². The summed E-state index contributed by atoms with van der Waals surface area (Å²) in [5.41, 5.74) is 2.49. The molecule has 0 bridgehead atoms. The lowest BCUT2D eigenvalue weighted by atomic mass is 10.1. The van der Waals surface area contributed by atoms with Crippen molar-refractivity contribution in [1.82, 2.24) is 14.6 Å². The molecule has 0 atom stereocenters. The molecule has 0 amide bonds. The summed E-state index contributed by atoms with van der Waals surface area (Å²) in [5, 5.41) is 14.6. The quantitative estimate of drug-likeness (QED) is 0.380. The van der Waals surface area contributed by atoms with Crippen molar-refractivity contribution in [3.05, 3.63) is 70.9 Å². The fourth-order valence-corrected chi connectivity index (χ4v) is 3.85. The van der Waals surface area contributed by atoms with Crippen molar-refractivity contribution in [2.75, 3.05) is 32.2 Å². The lowest BCUT2D eigenvalue weighted by molar-refractivity contribution is -0.137. The van der Waals surface area contributed by atoms with E-state index >= 15 is 0 Å². The Kier molecular flexibility index (Phi) is 6.79. The Bertz CT molecular complexity index is 1310. The second kappa shape index (κ2) is 9.61. The number of rotatable bonds is 7. The van der Waals surface area contributed by atoms with Crippen LogP contribution >= 0.6 is 11.6 Å². The Labute approximate surface area is 199 Å². The second-order valence-electron chi connectivity index (χ2n) is 7.72. The number of anilines is 1. The standard InChI is InChI=1S/C24H22ClF3N4O2/c1-31(10-11-33)21-13-20(16-4-3-5-17(12-16)24(26,27)28)32-23(29-21)22(19(30-32)14-34-2)15-6-8-18(25)9-7-15/h3-9,12-13,33H,10-11,14H2,1-2H3. The minimum atomic E-state index is -4.49. The second-order valence-corrected chi connectivity index (χ2v) is 8.16. The van der Waals surface area contributed by atoms with Gasteiger partial charge in [-0.1, -0.05) is 35.9 Å². The molecule has 2 heterocycles. The lowest BCUT2D eigenvalue weighted by Crippen LogP contribution is -2.22. The molecule has 10 heteroatoms. The van der Waals surface area contributed by atoms with Gasteiger partial charge in [-0.25, -0.2) is 9.50 Å². The molecular formula is C24H22ClF3N4O2. The number of benzene rings is 2. The van der Waals surface area contributed by atoms with Gasteiger partial charge in [0.05, 0.1) is 35.7 Å². The van der Waals surface area contributed by atoms with Gasteiger partial charge in [0.25, 0.3) is 0 Å². The predicted octanol–water partition coefficient (Wildman–Crippen LogP) is 5.31. The molecule has 0 fully saturated rings. The van der Waals surface area contributed by atoms with Crippen LogP contribution in [0.5, 0.6) is 0 Å². The molecule has 4 aromatic rings. The zero-order valence-electron chi connectivity index (χ0n) is 18.5. The van der Waals surface area contributed by atoms with Gasteiger partial charge in [-0.05, 0) is 29.8 Å². The summed E-state index contributed by atoms with van der Waals surface area (Å²) >= 11 is 6.07. The molecular weight excluding hydrogens is 469 g/mol. The zero-order chi connectivity index (χ0) is 24.5. The number of hydrogen-bond donors (Lipinski definition) is 1. The first-order valence-corrected chi connectivity index (χ1v) is 10.8. The van der Waals surface area contributed by atoms with Gasteiger partial charge in [-0.3, -0.25) is 0 Å². The monoisotopic (exact) mass is 490 g/mol. The summed E-state index contributed by atoms with van der Waals surface area (Å²) in [6.07, 6.45) is -4.49. The van der Waals surface area contributed by atoms with E-state index in [0.717, 1.165) is 17.7 Å². The van der Waals surface area contributed by atoms with Crippen molar-refractivity contribution in [3.63, 3.8) is 0 Å². The molecule has 0 radical (unpaired) electrons. The largest absolute Gasteiger partial charge is 0.416 e. The highest BCUT2D eigenvalue weighted by molar-refractivity contribution is 6.30. The highest BCUT2D eigenvalue weighted by Crippen LogP contribution is 2.36. The van der Waals surface area contributed by atoms with Crippen LogP contribution in [0.15, 0.2) is 54.6 Å². The number of nitrogens with zero attached hydrogens (tertiary/aromatic N) is 4.